The number of thiophene rings is 1. The molecule has 0 saturated carbocycles. The van der Waals surface area contributed by atoms with Crippen molar-refractivity contribution in [2.24, 2.45) is 0 Å². The van der Waals surface area contributed by atoms with Crippen molar-refractivity contribution >= 4 is 28.2 Å². The van der Waals surface area contributed by atoms with Gasteiger partial charge in [-0.3, -0.25) is 4.79 Å². The molecule has 1 heterocycles. The molecule has 0 bridgehead atoms. The number of nitrogens with one attached hydrogen (secondary N) is 1. The van der Waals surface area contributed by atoms with Gasteiger partial charge in [-0.05, 0) is 24.6 Å². The third-order valence-electron chi connectivity index (χ3n) is 3.91. The molecule has 27 heavy (non-hydrogen) atoms. The molecule has 0 saturated heterocycles. The standard InChI is InChI=1S/C21H19NO4S/c1-14-8-10-15(11-9-14)17-13-27-20(19(17)21(24)25-2)22-18(23)12-26-16-6-4-3-5-7-16/h3-11,13H,12H2,1-2H3,(H,22,23). The molecule has 138 valence electrons. The number of rotatable bonds is 6. The summed E-state index contributed by atoms with van der Waals surface area (Å²) >= 11 is 1.28. The van der Waals surface area contributed by atoms with Crippen LogP contribution in [0.15, 0.2) is 60.0 Å². The Hall–Kier alpha value is -3.12. The molecule has 0 radical (unpaired) electrons. The quantitative estimate of drug-likeness (QED) is 0.637. The Morgan fingerprint density at radius 1 is 1.04 bits per heavy atom. The van der Waals surface area contributed by atoms with E-state index in [9.17, 15) is 9.59 Å². The van der Waals surface area contributed by atoms with Gasteiger partial charge in [0.15, 0.2) is 6.61 Å². The first-order valence-electron chi connectivity index (χ1n) is 8.33. The molecule has 0 unspecified atom stereocenters. The number of carbonyl (C=O) groups excluding carboxylic acids is 2. The number of carbonyl (C=O) groups is 2. The lowest BCUT2D eigenvalue weighted by Crippen LogP contribution is -2.21. The maximum absolute atomic E-state index is 12.3. The van der Waals surface area contributed by atoms with Crippen molar-refractivity contribution in [3.05, 3.63) is 71.1 Å². The lowest BCUT2D eigenvalue weighted by atomic mass is 10.0. The Balaban J connectivity index is 1.79. The largest absolute Gasteiger partial charge is 0.484 e. The number of benzene rings is 2. The highest BCUT2D eigenvalue weighted by molar-refractivity contribution is 7.15. The van der Waals surface area contributed by atoms with Crippen molar-refractivity contribution in [1.82, 2.24) is 0 Å². The molecule has 3 rings (SSSR count). The second-order valence-electron chi connectivity index (χ2n) is 5.86. The fourth-order valence-corrected chi connectivity index (χ4v) is 3.50. The van der Waals surface area contributed by atoms with Gasteiger partial charge in [0.05, 0.1) is 7.11 Å². The summed E-state index contributed by atoms with van der Waals surface area (Å²) in [6.45, 7) is 1.85. The van der Waals surface area contributed by atoms with E-state index in [1.165, 1.54) is 18.4 Å². The molecular weight excluding hydrogens is 362 g/mol. The van der Waals surface area contributed by atoms with Crippen LogP contribution in [-0.2, 0) is 9.53 Å². The average Bonchev–Trinajstić information content (AvgIpc) is 3.10. The number of hydrogen-bond acceptors (Lipinski definition) is 5. The van der Waals surface area contributed by atoms with Crippen LogP contribution in [-0.4, -0.2) is 25.6 Å². The van der Waals surface area contributed by atoms with Gasteiger partial charge in [-0.1, -0.05) is 48.0 Å². The van der Waals surface area contributed by atoms with Crippen molar-refractivity contribution in [1.29, 1.82) is 0 Å². The summed E-state index contributed by atoms with van der Waals surface area (Å²) in [4.78, 5) is 24.6. The molecule has 1 N–H and O–H groups in total. The van der Waals surface area contributed by atoms with Crippen molar-refractivity contribution in [3.63, 3.8) is 0 Å². The van der Waals surface area contributed by atoms with E-state index in [0.29, 0.717) is 16.3 Å². The SMILES string of the molecule is COC(=O)c1c(-c2ccc(C)cc2)csc1NC(=O)COc1ccccc1. The maximum atomic E-state index is 12.3. The first-order valence-corrected chi connectivity index (χ1v) is 9.21. The highest BCUT2D eigenvalue weighted by atomic mass is 32.1. The summed E-state index contributed by atoms with van der Waals surface area (Å²) in [6, 6.07) is 16.9. The number of anilines is 1. The normalized spacial score (nSPS) is 10.3. The first-order chi connectivity index (χ1) is 13.1. The monoisotopic (exact) mass is 381 g/mol. The van der Waals surface area contributed by atoms with Gasteiger partial charge in [0.1, 0.15) is 16.3 Å². The predicted octanol–water partition coefficient (Wildman–Crippen LogP) is 4.53. The molecule has 5 nitrogen and oxygen atoms in total. The number of para-hydroxylation sites is 1. The molecular formula is C21H19NO4S. The van der Waals surface area contributed by atoms with E-state index in [1.807, 2.05) is 54.8 Å². The fourth-order valence-electron chi connectivity index (χ4n) is 2.53. The van der Waals surface area contributed by atoms with Gasteiger partial charge in [0.2, 0.25) is 0 Å². The van der Waals surface area contributed by atoms with Crippen LogP contribution in [0.3, 0.4) is 0 Å². The van der Waals surface area contributed by atoms with E-state index in [-0.39, 0.29) is 12.5 Å². The summed E-state index contributed by atoms with van der Waals surface area (Å²) in [7, 11) is 1.32. The topological polar surface area (TPSA) is 64.6 Å². The minimum absolute atomic E-state index is 0.150. The lowest BCUT2D eigenvalue weighted by Gasteiger charge is -2.09. The minimum Gasteiger partial charge on any atom is -0.484 e. The number of amides is 1. The smallest absolute Gasteiger partial charge is 0.341 e. The van der Waals surface area contributed by atoms with Crippen LogP contribution in [0.4, 0.5) is 5.00 Å². The molecule has 6 heteroatoms. The number of hydrogen-bond donors (Lipinski definition) is 1. The van der Waals surface area contributed by atoms with Gasteiger partial charge in [0, 0.05) is 10.9 Å². The Labute approximate surface area is 161 Å². The van der Waals surface area contributed by atoms with Gasteiger partial charge in [-0.2, -0.15) is 0 Å². The third-order valence-corrected chi connectivity index (χ3v) is 4.80. The summed E-state index contributed by atoms with van der Waals surface area (Å²) in [5.74, 6) is -0.236. The molecule has 0 aliphatic rings. The summed E-state index contributed by atoms with van der Waals surface area (Å²) in [5.41, 5.74) is 3.09. The van der Waals surface area contributed by atoms with Crippen LogP contribution >= 0.6 is 11.3 Å². The Kier molecular flexibility index (Phi) is 5.88. The van der Waals surface area contributed by atoms with E-state index in [4.69, 9.17) is 9.47 Å². The summed E-state index contributed by atoms with van der Waals surface area (Å²) in [5, 5.41) is 5.03. The Morgan fingerprint density at radius 2 is 1.74 bits per heavy atom. The van der Waals surface area contributed by atoms with Crippen LogP contribution < -0.4 is 10.1 Å². The van der Waals surface area contributed by atoms with Crippen LogP contribution in [0.25, 0.3) is 11.1 Å². The second-order valence-corrected chi connectivity index (χ2v) is 6.74. The van der Waals surface area contributed by atoms with Crippen molar-refractivity contribution < 1.29 is 19.1 Å². The predicted molar refractivity (Wildman–Crippen MR) is 106 cm³/mol. The first kappa shape index (κ1) is 18.7. The average molecular weight is 381 g/mol. The van der Waals surface area contributed by atoms with E-state index in [1.54, 1.807) is 12.1 Å². The number of aryl methyl sites for hydroxylation is 1. The van der Waals surface area contributed by atoms with Gasteiger partial charge in [-0.25, -0.2) is 4.79 Å². The van der Waals surface area contributed by atoms with Crippen molar-refractivity contribution in [3.8, 4) is 16.9 Å². The molecule has 0 spiro atoms. The number of methoxy groups -OCH3 is 1. The van der Waals surface area contributed by atoms with E-state index >= 15 is 0 Å². The molecule has 3 aromatic rings. The zero-order chi connectivity index (χ0) is 19.2. The molecule has 0 fully saturated rings. The number of esters is 1. The van der Waals surface area contributed by atoms with Crippen LogP contribution in [0.1, 0.15) is 15.9 Å². The maximum Gasteiger partial charge on any atom is 0.341 e. The van der Waals surface area contributed by atoms with Crippen molar-refractivity contribution in [2.45, 2.75) is 6.92 Å². The highest BCUT2D eigenvalue weighted by Gasteiger charge is 2.22. The van der Waals surface area contributed by atoms with Gasteiger partial charge >= 0.3 is 5.97 Å². The molecule has 0 aliphatic carbocycles. The second kappa shape index (κ2) is 8.51. The zero-order valence-electron chi connectivity index (χ0n) is 15.0. The van der Waals surface area contributed by atoms with Crippen LogP contribution in [0, 0.1) is 6.92 Å². The number of ether oxygens (including phenoxy) is 2. The highest BCUT2D eigenvalue weighted by Crippen LogP contribution is 2.36. The van der Waals surface area contributed by atoms with Crippen LogP contribution in [0.2, 0.25) is 0 Å². The Morgan fingerprint density at radius 3 is 2.41 bits per heavy atom. The summed E-state index contributed by atoms with van der Waals surface area (Å²) < 4.78 is 10.4. The summed E-state index contributed by atoms with van der Waals surface area (Å²) in [6.07, 6.45) is 0. The lowest BCUT2D eigenvalue weighted by molar-refractivity contribution is -0.118. The van der Waals surface area contributed by atoms with Crippen LogP contribution in [0.5, 0.6) is 5.75 Å². The minimum atomic E-state index is -0.494. The van der Waals surface area contributed by atoms with Gasteiger partial charge in [0.25, 0.3) is 5.91 Å². The Bertz CT molecular complexity index is 933. The van der Waals surface area contributed by atoms with E-state index in [2.05, 4.69) is 5.32 Å². The van der Waals surface area contributed by atoms with Crippen molar-refractivity contribution in [2.75, 3.05) is 19.0 Å². The molecule has 0 atom stereocenters. The van der Waals surface area contributed by atoms with Gasteiger partial charge in [-0.15, -0.1) is 11.3 Å². The molecule has 1 aromatic heterocycles. The molecule has 2 aromatic carbocycles. The van der Waals surface area contributed by atoms with E-state index < -0.39 is 5.97 Å². The zero-order valence-corrected chi connectivity index (χ0v) is 15.8. The molecule has 1 amide bonds. The third kappa shape index (κ3) is 4.54. The van der Waals surface area contributed by atoms with Gasteiger partial charge < -0.3 is 14.8 Å². The van der Waals surface area contributed by atoms with E-state index in [0.717, 1.165) is 16.7 Å². The fraction of sp³-hybridized carbons (Fsp3) is 0.143. The molecule has 0 aliphatic heterocycles.